The van der Waals surface area contributed by atoms with Crippen LogP contribution in [0, 0.1) is 0 Å². The van der Waals surface area contributed by atoms with Gasteiger partial charge in [0.25, 0.3) is 12.3 Å². The Morgan fingerprint density at radius 3 is 2.83 bits per heavy atom. The molecule has 3 rings (SSSR count). The number of carbonyl (C=O) groups excluding carboxylic acids is 1. The molecule has 4 nitrogen and oxygen atoms in total. The highest BCUT2D eigenvalue weighted by atomic mass is 79.9. The first kappa shape index (κ1) is 16.1. The molecule has 0 aliphatic rings. The summed E-state index contributed by atoms with van der Waals surface area (Å²) in [6, 6.07) is 8.60. The van der Waals surface area contributed by atoms with Crippen LogP contribution in [-0.4, -0.2) is 27.8 Å². The summed E-state index contributed by atoms with van der Waals surface area (Å²) < 4.78 is 26.3. The maximum Gasteiger partial charge on any atom is 0.295 e. The van der Waals surface area contributed by atoms with E-state index in [1.165, 1.54) is 0 Å². The number of alkyl halides is 2. The molecular weight excluding hydrogens is 388 g/mol. The standard InChI is InChI=1S/C15H12BrF2N3OS/c1-21(7-9-3-5-12(16)23-9)15(22)8-2-4-10-11(6-8)20-14(19-10)13(17)18/h2-6,13H,7H2,1H3,(H,19,20). The molecule has 0 saturated heterocycles. The first-order valence-electron chi connectivity index (χ1n) is 6.71. The third-order valence-corrected chi connectivity index (χ3v) is 4.93. The van der Waals surface area contributed by atoms with Crippen molar-refractivity contribution in [3.63, 3.8) is 0 Å². The van der Waals surface area contributed by atoms with Crippen molar-refractivity contribution in [2.45, 2.75) is 13.0 Å². The molecule has 1 N–H and O–H groups in total. The average Bonchev–Trinajstić information content (AvgIpc) is 3.11. The van der Waals surface area contributed by atoms with E-state index in [4.69, 9.17) is 0 Å². The number of benzene rings is 1. The van der Waals surface area contributed by atoms with Crippen LogP contribution in [0.5, 0.6) is 0 Å². The fourth-order valence-corrected chi connectivity index (χ4v) is 3.77. The molecule has 1 aromatic carbocycles. The molecule has 0 unspecified atom stereocenters. The van der Waals surface area contributed by atoms with Crippen LogP contribution in [-0.2, 0) is 6.54 Å². The van der Waals surface area contributed by atoms with E-state index in [1.54, 1.807) is 41.5 Å². The number of amides is 1. The van der Waals surface area contributed by atoms with Gasteiger partial charge < -0.3 is 9.88 Å². The normalized spacial score (nSPS) is 11.3. The molecule has 23 heavy (non-hydrogen) atoms. The zero-order chi connectivity index (χ0) is 16.6. The number of imidazole rings is 1. The van der Waals surface area contributed by atoms with Crippen LogP contribution in [0.3, 0.4) is 0 Å². The lowest BCUT2D eigenvalue weighted by atomic mass is 10.2. The van der Waals surface area contributed by atoms with Crippen molar-refractivity contribution in [3.05, 3.63) is 50.4 Å². The number of aromatic nitrogens is 2. The molecule has 0 aliphatic carbocycles. The van der Waals surface area contributed by atoms with Crippen molar-refractivity contribution in [3.8, 4) is 0 Å². The largest absolute Gasteiger partial charge is 0.337 e. The Morgan fingerprint density at radius 1 is 1.39 bits per heavy atom. The fraction of sp³-hybridized carbons (Fsp3) is 0.200. The van der Waals surface area contributed by atoms with Gasteiger partial charge in [0.05, 0.1) is 21.4 Å². The van der Waals surface area contributed by atoms with Crippen LogP contribution in [0.1, 0.15) is 27.5 Å². The zero-order valence-electron chi connectivity index (χ0n) is 12.0. The Hall–Kier alpha value is -1.80. The lowest BCUT2D eigenvalue weighted by molar-refractivity contribution is 0.0786. The molecule has 0 spiro atoms. The first-order valence-corrected chi connectivity index (χ1v) is 8.32. The number of halogens is 3. The second-order valence-corrected chi connectivity index (χ2v) is 7.57. The van der Waals surface area contributed by atoms with Crippen LogP contribution in [0.4, 0.5) is 8.78 Å². The SMILES string of the molecule is CN(Cc1ccc(Br)s1)C(=O)c1ccc2nc(C(F)F)[nH]c2c1. The van der Waals surface area contributed by atoms with E-state index in [2.05, 4.69) is 25.9 Å². The Balaban J connectivity index is 1.82. The van der Waals surface area contributed by atoms with E-state index in [-0.39, 0.29) is 11.7 Å². The third-order valence-electron chi connectivity index (χ3n) is 3.32. The number of H-pyrrole nitrogens is 1. The van der Waals surface area contributed by atoms with Gasteiger partial charge in [0.2, 0.25) is 0 Å². The molecule has 120 valence electrons. The van der Waals surface area contributed by atoms with Crippen molar-refractivity contribution in [1.82, 2.24) is 14.9 Å². The average molecular weight is 400 g/mol. The van der Waals surface area contributed by atoms with Crippen LogP contribution in [0.15, 0.2) is 34.1 Å². The van der Waals surface area contributed by atoms with Crippen LogP contribution >= 0.6 is 27.3 Å². The Bertz CT molecular complexity index is 861. The fourth-order valence-electron chi connectivity index (χ4n) is 2.23. The van der Waals surface area contributed by atoms with Gasteiger partial charge in [0, 0.05) is 17.5 Å². The second-order valence-electron chi connectivity index (χ2n) is 5.02. The number of fused-ring (bicyclic) bond motifs is 1. The Labute approximate surface area is 143 Å². The summed E-state index contributed by atoms with van der Waals surface area (Å²) in [5.41, 5.74) is 1.28. The molecule has 1 amide bonds. The Kier molecular flexibility index (Phi) is 4.45. The molecule has 2 aromatic heterocycles. The highest BCUT2D eigenvalue weighted by Gasteiger charge is 2.16. The van der Waals surface area contributed by atoms with Crippen LogP contribution < -0.4 is 0 Å². The molecule has 8 heteroatoms. The Morgan fingerprint density at radius 2 is 2.17 bits per heavy atom. The lowest BCUT2D eigenvalue weighted by Gasteiger charge is -2.16. The lowest BCUT2D eigenvalue weighted by Crippen LogP contribution is -2.25. The van der Waals surface area contributed by atoms with Crippen molar-refractivity contribution in [1.29, 1.82) is 0 Å². The first-order chi connectivity index (χ1) is 10.9. The number of carbonyl (C=O) groups is 1. The highest BCUT2D eigenvalue weighted by molar-refractivity contribution is 9.11. The predicted molar refractivity (Wildman–Crippen MR) is 88.9 cm³/mol. The van der Waals surface area contributed by atoms with Gasteiger partial charge in [-0.05, 0) is 46.3 Å². The van der Waals surface area contributed by atoms with E-state index < -0.39 is 6.43 Å². The van der Waals surface area contributed by atoms with Crippen LogP contribution in [0.2, 0.25) is 0 Å². The molecule has 0 aliphatic heterocycles. The van der Waals surface area contributed by atoms with Gasteiger partial charge in [-0.1, -0.05) is 0 Å². The minimum Gasteiger partial charge on any atom is -0.337 e. The summed E-state index contributed by atoms with van der Waals surface area (Å²) >= 11 is 4.95. The maximum atomic E-state index is 12.7. The number of aromatic amines is 1. The second kappa shape index (κ2) is 6.37. The number of nitrogens with one attached hydrogen (secondary N) is 1. The van der Waals surface area contributed by atoms with Crippen molar-refractivity contribution < 1.29 is 13.6 Å². The van der Waals surface area contributed by atoms with Gasteiger partial charge in [0.1, 0.15) is 0 Å². The van der Waals surface area contributed by atoms with Gasteiger partial charge in [-0.25, -0.2) is 13.8 Å². The summed E-state index contributed by atoms with van der Waals surface area (Å²) in [6.07, 6.45) is -2.67. The number of nitrogens with zero attached hydrogens (tertiary/aromatic N) is 2. The van der Waals surface area contributed by atoms with Crippen molar-refractivity contribution in [2.24, 2.45) is 0 Å². The van der Waals surface area contributed by atoms with E-state index in [0.717, 1.165) is 8.66 Å². The topological polar surface area (TPSA) is 49.0 Å². The zero-order valence-corrected chi connectivity index (χ0v) is 14.4. The molecule has 2 heterocycles. The van der Waals surface area contributed by atoms with Gasteiger partial charge in [-0.15, -0.1) is 11.3 Å². The summed E-state index contributed by atoms with van der Waals surface area (Å²) in [4.78, 5) is 21.5. The van der Waals surface area contributed by atoms with Crippen LogP contribution in [0.25, 0.3) is 11.0 Å². The molecule has 0 saturated carbocycles. The van der Waals surface area contributed by atoms with Crippen molar-refractivity contribution >= 4 is 44.2 Å². The number of rotatable bonds is 4. The number of hydrogen-bond acceptors (Lipinski definition) is 3. The van der Waals surface area contributed by atoms with Gasteiger partial charge in [0.15, 0.2) is 5.82 Å². The van der Waals surface area contributed by atoms with E-state index in [0.29, 0.717) is 23.1 Å². The molecule has 0 radical (unpaired) electrons. The summed E-state index contributed by atoms with van der Waals surface area (Å²) in [7, 11) is 1.71. The van der Waals surface area contributed by atoms with Gasteiger partial charge in [-0.3, -0.25) is 4.79 Å². The minimum absolute atomic E-state index is 0.176. The molecular formula is C15H12BrF2N3OS. The van der Waals surface area contributed by atoms with E-state index in [1.807, 2.05) is 12.1 Å². The summed E-state index contributed by atoms with van der Waals surface area (Å²) in [6.45, 7) is 0.485. The summed E-state index contributed by atoms with van der Waals surface area (Å²) in [5, 5.41) is 0. The minimum atomic E-state index is -2.67. The summed E-state index contributed by atoms with van der Waals surface area (Å²) in [5.74, 6) is -0.564. The van der Waals surface area contributed by atoms with E-state index in [9.17, 15) is 13.6 Å². The monoisotopic (exact) mass is 399 g/mol. The quantitative estimate of drug-likeness (QED) is 0.696. The number of thiophene rings is 1. The van der Waals surface area contributed by atoms with Crippen molar-refractivity contribution in [2.75, 3.05) is 7.05 Å². The number of hydrogen-bond donors (Lipinski definition) is 1. The van der Waals surface area contributed by atoms with Gasteiger partial charge >= 0.3 is 0 Å². The highest BCUT2D eigenvalue weighted by Crippen LogP contribution is 2.24. The maximum absolute atomic E-state index is 12.7. The molecule has 0 fully saturated rings. The molecule has 0 bridgehead atoms. The third kappa shape index (κ3) is 3.42. The van der Waals surface area contributed by atoms with Gasteiger partial charge in [-0.2, -0.15) is 0 Å². The van der Waals surface area contributed by atoms with E-state index >= 15 is 0 Å². The molecule has 0 atom stereocenters. The predicted octanol–water partition coefficient (Wildman–Crippen LogP) is 4.60. The smallest absolute Gasteiger partial charge is 0.295 e. The molecule has 3 aromatic rings.